The highest BCUT2D eigenvalue weighted by Crippen LogP contribution is 2.06. The molecule has 0 amide bonds. The molecule has 0 aromatic heterocycles. The van der Waals surface area contributed by atoms with E-state index in [2.05, 4.69) is 25.3 Å². The second kappa shape index (κ2) is 9.39. The molecule has 0 nitrogen and oxygen atoms in total. The van der Waals surface area contributed by atoms with Gasteiger partial charge in [0.05, 0.1) is 0 Å². The Hall–Kier alpha value is -0.700. The van der Waals surface area contributed by atoms with Crippen LogP contribution >= 0.6 is 0 Å². The first kappa shape index (κ1) is 12.3. The van der Waals surface area contributed by atoms with Gasteiger partial charge in [0, 0.05) is 6.42 Å². The molecule has 0 saturated carbocycles. The Labute approximate surface area is 83.4 Å². The SMILES string of the molecule is C=C(C)C#CCCCCCCCC. The van der Waals surface area contributed by atoms with Gasteiger partial charge in [-0.3, -0.25) is 0 Å². The topological polar surface area (TPSA) is 0 Å². The van der Waals surface area contributed by atoms with Crippen molar-refractivity contribution < 1.29 is 0 Å². The Morgan fingerprint density at radius 2 is 1.69 bits per heavy atom. The number of hydrogen-bond acceptors (Lipinski definition) is 0. The van der Waals surface area contributed by atoms with Crippen LogP contribution in [0.5, 0.6) is 0 Å². The van der Waals surface area contributed by atoms with Crippen molar-refractivity contribution >= 4 is 0 Å². The Balaban J connectivity index is 3.09. The molecule has 0 radical (unpaired) electrons. The molecule has 0 heterocycles. The number of rotatable bonds is 6. The molecule has 0 aliphatic heterocycles. The minimum absolute atomic E-state index is 0.978. The van der Waals surface area contributed by atoms with Gasteiger partial charge in [-0.2, -0.15) is 0 Å². The van der Waals surface area contributed by atoms with Gasteiger partial charge in [-0.25, -0.2) is 0 Å². The molecule has 0 unspecified atom stereocenters. The highest BCUT2D eigenvalue weighted by molar-refractivity contribution is 5.22. The largest absolute Gasteiger partial charge is 0.0983 e. The molecule has 74 valence electrons. The molecule has 0 bridgehead atoms. The predicted molar refractivity (Wildman–Crippen MR) is 60.6 cm³/mol. The van der Waals surface area contributed by atoms with E-state index in [1.807, 2.05) is 6.92 Å². The van der Waals surface area contributed by atoms with Crippen LogP contribution in [0.15, 0.2) is 12.2 Å². The van der Waals surface area contributed by atoms with Gasteiger partial charge >= 0.3 is 0 Å². The van der Waals surface area contributed by atoms with E-state index in [4.69, 9.17) is 0 Å². The third kappa shape index (κ3) is 11.3. The predicted octanol–water partition coefficient (Wildman–Crippen LogP) is 4.32. The van der Waals surface area contributed by atoms with E-state index < -0.39 is 0 Å². The summed E-state index contributed by atoms with van der Waals surface area (Å²) in [6.45, 7) is 7.94. The van der Waals surface area contributed by atoms with Crippen molar-refractivity contribution in [3.63, 3.8) is 0 Å². The van der Waals surface area contributed by atoms with Gasteiger partial charge in [0.2, 0.25) is 0 Å². The molecule has 0 heteroatoms. The Bertz CT molecular complexity index is 178. The fourth-order valence-electron chi connectivity index (χ4n) is 1.21. The summed E-state index contributed by atoms with van der Waals surface area (Å²) in [7, 11) is 0. The lowest BCUT2D eigenvalue weighted by molar-refractivity contribution is 0.614. The maximum absolute atomic E-state index is 3.74. The lowest BCUT2D eigenvalue weighted by Gasteiger charge is -1.96. The molecule has 0 aliphatic rings. The molecule has 0 spiro atoms. The van der Waals surface area contributed by atoms with Crippen LogP contribution in [0, 0.1) is 11.8 Å². The normalized spacial score (nSPS) is 9.08. The average Bonchev–Trinajstić information content (AvgIpc) is 2.09. The van der Waals surface area contributed by atoms with Crippen molar-refractivity contribution in [2.24, 2.45) is 0 Å². The van der Waals surface area contributed by atoms with Gasteiger partial charge < -0.3 is 0 Å². The van der Waals surface area contributed by atoms with Crippen LogP contribution < -0.4 is 0 Å². The van der Waals surface area contributed by atoms with Crippen LogP contribution in [0.2, 0.25) is 0 Å². The Morgan fingerprint density at radius 1 is 1.08 bits per heavy atom. The monoisotopic (exact) mass is 178 g/mol. The second-order valence-corrected chi connectivity index (χ2v) is 3.60. The molecule has 13 heavy (non-hydrogen) atoms. The van der Waals surface area contributed by atoms with Crippen LogP contribution in [-0.4, -0.2) is 0 Å². The average molecular weight is 178 g/mol. The van der Waals surface area contributed by atoms with E-state index in [0.717, 1.165) is 12.0 Å². The number of allylic oxidation sites excluding steroid dienone is 1. The lowest BCUT2D eigenvalue weighted by atomic mass is 10.1. The Kier molecular flexibility index (Phi) is 8.88. The molecule has 0 fully saturated rings. The van der Waals surface area contributed by atoms with Gasteiger partial charge in [0.25, 0.3) is 0 Å². The number of unbranched alkanes of at least 4 members (excludes halogenated alkanes) is 6. The zero-order chi connectivity index (χ0) is 9.94. The Morgan fingerprint density at radius 3 is 2.31 bits per heavy atom. The third-order valence-corrected chi connectivity index (χ3v) is 1.96. The molecular formula is C13H22. The summed E-state index contributed by atoms with van der Waals surface area (Å²) in [6.07, 6.45) is 9.12. The third-order valence-electron chi connectivity index (χ3n) is 1.96. The molecule has 0 aliphatic carbocycles. The van der Waals surface area contributed by atoms with E-state index in [0.29, 0.717) is 0 Å². The maximum atomic E-state index is 3.74. The van der Waals surface area contributed by atoms with E-state index in [-0.39, 0.29) is 0 Å². The molecule has 0 aromatic rings. The molecular weight excluding hydrogens is 156 g/mol. The molecule has 0 N–H and O–H groups in total. The van der Waals surface area contributed by atoms with Gasteiger partial charge in [-0.15, -0.1) is 0 Å². The summed E-state index contributed by atoms with van der Waals surface area (Å²) in [4.78, 5) is 0. The minimum atomic E-state index is 0.978. The van der Waals surface area contributed by atoms with Crippen LogP contribution in [0.3, 0.4) is 0 Å². The molecule has 0 rings (SSSR count). The zero-order valence-electron chi connectivity index (χ0n) is 9.16. The van der Waals surface area contributed by atoms with Crippen molar-refractivity contribution in [1.82, 2.24) is 0 Å². The standard InChI is InChI=1S/C13H22/c1-4-5-6-7-8-9-10-11-12-13(2)3/h2,4-10H2,1,3H3. The smallest absolute Gasteiger partial charge is 0.00923 e. The van der Waals surface area contributed by atoms with E-state index in [9.17, 15) is 0 Å². The zero-order valence-corrected chi connectivity index (χ0v) is 9.16. The first-order valence-electron chi connectivity index (χ1n) is 5.41. The van der Waals surface area contributed by atoms with Crippen LogP contribution in [-0.2, 0) is 0 Å². The molecule has 0 atom stereocenters. The lowest BCUT2D eigenvalue weighted by Crippen LogP contribution is -1.77. The summed E-state index contributed by atoms with van der Waals surface area (Å²) >= 11 is 0. The van der Waals surface area contributed by atoms with Crippen molar-refractivity contribution in [2.45, 2.75) is 58.8 Å². The quantitative estimate of drug-likeness (QED) is 0.420. The van der Waals surface area contributed by atoms with Gasteiger partial charge in [-0.1, -0.05) is 57.4 Å². The van der Waals surface area contributed by atoms with Crippen molar-refractivity contribution in [3.8, 4) is 11.8 Å². The van der Waals surface area contributed by atoms with Gasteiger partial charge in [0.1, 0.15) is 0 Å². The van der Waals surface area contributed by atoms with Crippen molar-refractivity contribution in [2.75, 3.05) is 0 Å². The highest BCUT2D eigenvalue weighted by atomic mass is 13.9. The van der Waals surface area contributed by atoms with E-state index in [1.165, 1.54) is 38.5 Å². The fourth-order valence-corrected chi connectivity index (χ4v) is 1.21. The van der Waals surface area contributed by atoms with Gasteiger partial charge in [-0.05, 0) is 18.9 Å². The summed E-state index contributed by atoms with van der Waals surface area (Å²) in [5, 5.41) is 0. The van der Waals surface area contributed by atoms with Crippen molar-refractivity contribution in [3.05, 3.63) is 12.2 Å². The van der Waals surface area contributed by atoms with Crippen LogP contribution in [0.25, 0.3) is 0 Å². The maximum Gasteiger partial charge on any atom is 0.00923 e. The second-order valence-electron chi connectivity index (χ2n) is 3.60. The minimum Gasteiger partial charge on any atom is -0.0983 e. The fraction of sp³-hybridized carbons (Fsp3) is 0.692. The summed E-state index contributed by atoms with van der Waals surface area (Å²) in [6, 6.07) is 0. The summed E-state index contributed by atoms with van der Waals surface area (Å²) in [5.41, 5.74) is 0.978. The van der Waals surface area contributed by atoms with Crippen LogP contribution in [0.1, 0.15) is 58.8 Å². The highest BCUT2D eigenvalue weighted by Gasteiger charge is 1.87. The first-order chi connectivity index (χ1) is 6.27. The van der Waals surface area contributed by atoms with Crippen LogP contribution in [0.4, 0.5) is 0 Å². The van der Waals surface area contributed by atoms with E-state index >= 15 is 0 Å². The molecule has 0 aromatic carbocycles. The summed E-state index contributed by atoms with van der Waals surface area (Å²) < 4.78 is 0. The van der Waals surface area contributed by atoms with Gasteiger partial charge in [0.15, 0.2) is 0 Å². The number of hydrogen-bond donors (Lipinski definition) is 0. The van der Waals surface area contributed by atoms with E-state index in [1.54, 1.807) is 0 Å². The summed E-state index contributed by atoms with van der Waals surface area (Å²) in [5.74, 6) is 6.13. The molecule has 0 saturated heterocycles. The van der Waals surface area contributed by atoms with Crippen molar-refractivity contribution in [1.29, 1.82) is 0 Å². The first-order valence-corrected chi connectivity index (χ1v) is 5.41.